The van der Waals surface area contributed by atoms with Gasteiger partial charge in [-0.1, -0.05) is 23.7 Å². The van der Waals surface area contributed by atoms with E-state index in [0.29, 0.717) is 28.4 Å². The number of carbonyl (C=O) groups is 1. The summed E-state index contributed by atoms with van der Waals surface area (Å²) in [5.41, 5.74) is 4.02. The fourth-order valence-electron chi connectivity index (χ4n) is 3.57. The molecule has 0 N–H and O–H groups in total. The Bertz CT molecular complexity index is 1410. The fourth-order valence-corrected chi connectivity index (χ4v) is 3.74. The number of aryl methyl sites for hydroxylation is 1. The molecule has 4 aromatic rings. The smallest absolute Gasteiger partial charge is 0.465 e. The summed E-state index contributed by atoms with van der Waals surface area (Å²) in [5.74, 6) is -0.751. The maximum Gasteiger partial charge on any atom is 0.573 e. The topological polar surface area (TPSA) is 57.8 Å². The number of rotatable bonds is 5. The molecule has 0 spiro atoms. The van der Waals surface area contributed by atoms with Gasteiger partial charge >= 0.3 is 12.3 Å². The van der Waals surface area contributed by atoms with Crippen molar-refractivity contribution in [2.75, 3.05) is 7.11 Å². The third kappa shape index (κ3) is 5.09. The van der Waals surface area contributed by atoms with E-state index in [-0.39, 0.29) is 5.75 Å². The third-order valence-corrected chi connectivity index (χ3v) is 5.38. The van der Waals surface area contributed by atoms with Crippen LogP contribution in [0.5, 0.6) is 5.75 Å². The van der Waals surface area contributed by atoms with Gasteiger partial charge in [-0.15, -0.1) is 13.2 Å². The number of esters is 1. The van der Waals surface area contributed by atoms with E-state index < -0.39 is 12.3 Å². The van der Waals surface area contributed by atoms with Gasteiger partial charge in [-0.3, -0.25) is 0 Å². The average molecular weight is 490 g/mol. The summed E-state index contributed by atoms with van der Waals surface area (Å²) in [4.78, 5) is 16.4. The van der Waals surface area contributed by atoms with E-state index in [2.05, 4.69) is 9.73 Å². The number of methoxy groups -OCH3 is 1. The second kappa shape index (κ2) is 9.26. The molecule has 0 aliphatic carbocycles. The van der Waals surface area contributed by atoms with E-state index in [1.165, 1.54) is 31.4 Å². The Labute approximate surface area is 197 Å². The first-order valence-corrected chi connectivity index (χ1v) is 10.4. The summed E-state index contributed by atoms with van der Waals surface area (Å²) in [7, 11) is 3.16. The number of imidazole rings is 1. The molecule has 0 atom stereocenters. The number of fused-ring (bicyclic) bond motifs is 1. The molecule has 34 heavy (non-hydrogen) atoms. The molecular formula is C24H19ClF3N3O3. The summed E-state index contributed by atoms with van der Waals surface area (Å²) in [6.45, 7) is 0.410. The number of carbonyl (C=O) groups excluding carboxylic acids is 1. The summed E-state index contributed by atoms with van der Waals surface area (Å²) < 4.78 is 49.8. The molecule has 4 rings (SSSR count). The zero-order valence-electron chi connectivity index (χ0n) is 18.1. The Hall–Kier alpha value is -3.72. The summed E-state index contributed by atoms with van der Waals surface area (Å²) in [5, 5.41) is 0.549. The lowest BCUT2D eigenvalue weighted by atomic mass is 10.1. The fraction of sp³-hybridized carbons (Fsp3) is 0.167. The quantitative estimate of drug-likeness (QED) is 0.343. The summed E-state index contributed by atoms with van der Waals surface area (Å²) in [6.07, 6.45) is -4.76. The van der Waals surface area contributed by atoms with Crippen LogP contribution in [0.4, 0.5) is 18.9 Å². The molecule has 0 bridgehead atoms. The van der Waals surface area contributed by atoms with Crippen molar-refractivity contribution in [3.05, 3.63) is 88.5 Å². The van der Waals surface area contributed by atoms with E-state index in [1.807, 2.05) is 40.4 Å². The normalized spacial score (nSPS) is 12.2. The number of hydrogen-bond acceptors (Lipinski definition) is 4. The monoisotopic (exact) mass is 489 g/mol. The van der Waals surface area contributed by atoms with Gasteiger partial charge in [0.05, 0.1) is 35.9 Å². The van der Waals surface area contributed by atoms with Crippen LogP contribution in [0.2, 0.25) is 5.02 Å². The average Bonchev–Trinajstić information content (AvgIpc) is 3.04. The zero-order chi connectivity index (χ0) is 24.5. The lowest BCUT2D eigenvalue weighted by Gasteiger charge is -2.09. The van der Waals surface area contributed by atoms with Crippen LogP contribution >= 0.6 is 11.6 Å². The predicted molar refractivity (Wildman–Crippen MR) is 121 cm³/mol. The van der Waals surface area contributed by atoms with Gasteiger partial charge in [-0.05, 0) is 60.2 Å². The van der Waals surface area contributed by atoms with Crippen LogP contribution in [0.25, 0.3) is 11.0 Å². The van der Waals surface area contributed by atoms with E-state index in [1.54, 1.807) is 18.2 Å². The molecule has 0 fully saturated rings. The highest BCUT2D eigenvalue weighted by Crippen LogP contribution is 2.25. The minimum Gasteiger partial charge on any atom is -0.465 e. The van der Waals surface area contributed by atoms with E-state index >= 15 is 0 Å². The van der Waals surface area contributed by atoms with Crippen molar-refractivity contribution < 1.29 is 27.4 Å². The van der Waals surface area contributed by atoms with Gasteiger partial charge < -0.3 is 18.6 Å². The molecule has 0 amide bonds. The number of hydrogen-bond donors (Lipinski definition) is 0. The van der Waals surface area contributed by atoms with Crippen LogP contribution in [-0.2, 0) is 18.3 Å². The van der Waals surface area contributed by atoms with Crippen molar-refractivity contribution in [2.45, 2.75) is 12.9 Å². The van der Waals surface area contributed by atoms with E-state index in [0.717, 1.165) is 16.6 Å². The summed E-state index contributed by atoms with van der Waals surface area (Å²) >= 11 is 6.25. The highest BCUT2D eigenvalue weighted by Gasteiger charge is 2.30. The first kappa shape index (κ1) is 23.4. The molecule has 0 aliphatic heterocycles. The molecule has 1 aromatic heterocycles. The van der Waals surface area contributed by atoms with Crippen LogP contribution in [0.15, 0.2) is 71.7 Å². The molecule has 0 radical (unpaired) electrons. The molecule has 10 heteroatoms. The molecule has 1 heterocycles. The molecule has 6 nitrogen and oxygen atoms in total. The van der Waals surface area contributed by atoms with Crippen molar-refractivity contribution in [3.63, 3.8) is 0 Å². The second-order valence-electron chi connectivity index (χ2n) is 7.42. The van der Waals surface area contributed by atoms with Crippen LogP contribution in [0.3, 0.4) is 0 Å². The van der Waals surface area contributed by atoms with Gasteiger partial charge in [0.1, 0.15) is 5.75 Å². The standard InChI is InChI=1S/C24H19ClF3N3O3/c1-30-20-12-7-17(25)13-21(20)31(14-15-3-5-16(6-4-15)22(32)33-2)23(30)29-18-8-10-19(11-9-18)34-24(26,27)28/h3-13H,14H2,1-2H3. The van der Waals surface area contributed by atoms with Gasteiger partial charge in [0, 0.05) is 12.1 Å². The number of aromatic nitrogens is 2. The largest absolute Gasteiger partial charge is 0.573 e. The van der Waals surface area contributed by atoms with Crippen molar-refractivity contribution >= 4 is 34.3 Å². The Morgan fingerprint density at radius 2 is 1.68 bits per heavy atom. The highest BCUT2D eigenvalue weighted by atomic mass is 35.5. The SMILES string of the molecule is COC(=O)c1ccc(Cn2c(=Nc3ccc(OC(F)(F)F)cc3)n(C)c3ccc(Cl)cc32)cc1. The first-order chi connectivity index (χ1) is 16.1. The minimum atomic E-state index is -4.76. The molecule has 0 unspecified atom stereocenters. The van der Waals surface area contributed by atoms with Gasteiger partial charge in [0.15, 0.2) is 0 Å². The maximum absolute atomic E-state index is 12.5. The molecular weight excluding hydrogens is 471 g/mol. The minimum absolute atomic E-state index is 0.325. The Kier molecular flexibility index (Phi) is 6.39. The second-order valence-corrected chi connectivity index (χ2v) is 7.86. The molecule has 0 aliphatic rings. The Morgan fingerprint density at radius 3 is 2.29 bits per heavy atom. The van der Waals surface area contributed by atoms with Crippen molar-refractivity contribution in [1.29, 1.82) is 0 Å². The van der Waals surface area contributed by atoms with Gasteiger partial charge in [0.2, 0.25) is 5.62 Å². The zero-order valence-corrected chi connectivity index (χ0v) is 18.9. The lowest BCUT2D eigenvalue weighted by molar-refractivity contribution is -0.274. The van der Waals surface area contributed by atoms with Gasteiger partial charge in [-0.25, -0.2) is 9.79 Å². The molecule has 176 valence electrons. The lowest BCUT2D eigenvalue weighted by Crippen LogP contribution is -2.24. The van der Waals surface area contributed by atoms with Crippen molar-refractivity contribution in [3.8, 4) is 5.75 Å². The van der Waals surface area contributed by atoms with Gasteiger partial charge in [-0.2, -0.15) is 0 Å². The Morgan fingerprint density at radius 1 is 1.00 bits per heavy atom. The van der Waals surface area contributed by atoms with E-state index in [9.17, 15) is 18.0 Å². The first-order valence-electron chi connectivity index (χ1n) is 10.1. The van der Waals surface area contributed by atoms with E-state index in [4.69, 9.17) is 16.3 Å². The molecule has 0 saturated heterocycles. The van der Waals surface area contributed by atoms with Crippen molar-refractivity contribution in [2.24, 2.45) is 12.0 Å². The highest BCUT2D eigenvalue weighted by molar-refractivity contribution is 6.31. The maximum atomic E-state index is 12.5. The van der Waals surface area contributed by atoms with Crippen LogP contribution < -0.4 is 10.4 Å². The number of benzene rings is 3. The van der Waals surface area contributed by atoms with Crippen LogP contribution in [-0.4, -0.2) is 28.6 Å². The number of ether oxygens (including phenoxy) is 2. The third-order valence-electron chi connectivity index (χ3n) is 5.15. The Balaban J connectivity index is 1.78. The van der Waals surface area contributed by atoms with Crippen LogP contribution in [0, 0.1) is 0 Å². The molecule has 0 saturated carbocycles. The molecule has 3 aromatic carbocycles. The number of nitrogens with zero attached hydrogens (tertiary/aromatic N) is 3. The van der Waals surface area contributed by atoms with Crippen LogP contribution in [0.1, 0.15) is 15.9 Å². The predicted octanol–water partition coefficient (Wildman–Crippen LogP) is 5.60. The summed E-state index contributed by atoms with van der Waals surface area (Å²) in [6, 6.07) is 17.8. The number of alkyl halides is 3. The van der Waals surface area contributed by atoms with Gasteiger partial charge in [0.25, 0.3) is 0 Å². The van der Waals surface area contributed by atoms with Crippen molar-refractivity contribution in [1.82, 2.24) is 9.13 Å². The number of halogens is 4.